The van der Waals surface area contributed by atoms with E-state index in [2.05, 4.69) is 10.3 Å². The molecule has 2 heterocycles. The lowest BCUT2D eigenvalue weighted by Gasteiger charge is -2.27. The minimum Gasteiger partial charge on any atom is -0.497 e. The Morgan fingerprint density at radius 1 is 1.07 bits per heavy atom. The van der Waals surface area contributed by atoms with Crippen LogP contribution in [-0.4, -0.2) is 28.8 Å². The minimum absolute atomic E-state index is 0.00521. The summed E-state index contributed by atoms with van der Waals surface area (Å²) in [5, 5.41) is 2.57. The number of carbonyl (C=O) groups excluding carboxylic acids is 2. The van der Waals surface area contributed by atoms with Crippen molar-refractivity contribution in [3.05, 3.63) is 123 Å². The number of rotatable bonds is 7. The first-order valence-corrected chi connectivity index (χ1v) is 13.1. The molecule has 0 aliphatic carbocycles. The molecule has 7 nitrogen and oxygen atoms in total. The molecule has 1 aliphatic heterocycles. The summed E-state index contributed by atoms with van der Waals surface area (Å²) in [6.45, 7) is -0.174. The second-order valence-corrected chi connectivity index (χ2v) is 10.0. The van der Waals surface area contributed by atoms with Crippen LogP contribution < -0.4 is 15.8 Å². The predicted octanol–water partition coefficient (Wildman–Crippen LogP) is 6.50. The van der Waals surface area contributed by atoms with E-state index in [0.29, 0.717) is 23.4 Å². The lowest BCUT2D eigenvalue weighted by atomic mass is 9.95. The number of halogens is 6. The highest BCUT2D eigenvalue weighted by Crippen LogP contribution is 2.46. The number of pyridine rings is 1. The molecule has 4 aromatic rings. The van der Waals surface area contributed by atoms with Crippen LogP contribution in [0, 0.1) is 11.6 Å². The fraction of sp³-hybridized carbons (Fsp3) is 0.167. The molecular weight excluding hydrogens is 595 g/mol. The third-order valence-corrected chi connectivity index (χ3v) is 7.30. The van der Waals surface area contributed by atoms with E-state index in [1.807, 2.05) is 0 Å². The molecule has 0 fully saturated rings. The molecule has 0 saturated carbocycles. The molecule has 5 rings (SSSR count). The van der Waals surface area contributed by atoms with Crippen LogP contribution >= 0.6 is 11.6 Å². The number of fused-ring (bicyclic) bond motifs is 1. The highest BCUT2D eigenvalue weighted by atomic mass is 35.5. The number of hydrogen-bond acceptors (Lipinski definition) is 5. The van der Waals surface area contributed by atoms with Gasteiger partial charge in [0.2, 0.25) is 0 Å². The van der Waals surface area contributed by atoms with Crippen molar-refractivity contribution in [2.24, 2.45) is 5.73 Å². The summed E-state index contributed by atoms with van der Waals surface area (Å²) in [6, 6.07) is 10.8. The smallest absolute Gasteiger partial charge is 0.416 e. The van der Waals surface area contributed by atoms with Crippen molar-refractivity contribution < 1.29 is 36.3 Å². The lowest BCUT2D eigenvalue weighted by Crippen LogP contribution is -2.29. The normalized spacial score (nSPS) is 14.6. The van der Waals surface area contributed by atoms with Crippen molar-refractivity contribution in [1.29, 1.82) is 0 Å². The molecule has 43 heavy (non-hydrogen) atoms. The highest BCUT2D eigenvalue weighted by Gasteiger charge is 2.43. The number of hydrogen-bond donors (Lipinski definition) is 2. The quantitative estimate of drug-likeness (QED) is 0.231. The number of amides is 2. The lowest BCUT2D eigenvalue weighted by molar-refractivity contribution is -0.137. The van der Waals surface area contributed by atoms with Gasteiger partial charge in [-0.3, -0.25) is 14.6 Å². The van der Waals surface area contributed by atoms with Gasteiger partial charge in [0.1, 0.15) is 17.4 Å². The van der Waals surface area contributed by atoms with E-state index in [1.165, 1.54) is 24.3 Å². The van der Waals surface area contributed by atoms with Crippen molar-refractivity contribution in [2.45, 2.75) is 25.3 Å². The molecule has 0 spiro atoms. The maximum Gasteiger partial charge on any atom is 0.416 e. The van der Waals surface area contributed by atoms with E-state index < -0.39 is 46.8 Å². The van der Waals surface area contributed by atoms with Crippen molar-refractivity contribution >= 4 is 29.1 Å². The van der Waals surface area contributed by atoms with Gasteiger partial charge in [0.15, 0.2) is 0 Å². The van der Waals surface area contributed by atoms with Gasteiger partial charge in [-0.15, -0.1) is 0 Å². The zero-order valence-electron chi connectivity index (χ0n) is 22.3. The molecule has 222 valence electrons. The van der Waals surface area contributed by atoms with Gasteiger partial charge < -0.3 is 20.7 Å². The number of nitrogens with one attached hydrogen (secondary N) is 1. The number of alkyl halides is 3. The van der Waals surface area contributed by atoms with Gasteiger partial charge in [-0.25, -0.2) is 8.78 Å². The number of carbonyl (C=O) groups is 2. The SMILES string of the molecule is COc1ccc(CN2C(=O)c3c(CN)ncc(NC(=O)c4cc(F)cc(C(F)(F)F)c4)c3C2c2cc(F)ccc2Cl)cc1. The summed E-state index contributed by atoms with van der Waals surface area (Å²) >= 11 is 6.51. The first-order chi connectivity index (χ1) is 20.4. The molecule has 1 unspecified atom stereocenters. The fourth-order valence-electron chi connectivity index (χ4n) is 4.98. The standard InChI is InChI=1S/C30H22ClF5N4O3/c1-43-20-5-2-15(3-6-20)14-40-27(21-11-18(32)4-7-22(21)31)25-24(13-38-23(12-37)26(25)29(40)42)39-28(41)16-8-17(30(34,35)36)10-19(33)9-16/h2-11,13,27H,12,14,37H2,1H3,(H,39,41). The maximum atomic E-state index is 14.6. The molecule has 3 N–H and O–H groups in total. The molecule has 0 radical (unpaired) electrons. The maximum absolute atomic E-state index is 14.6. The van der Waals surface area contributed by atoms with E-state index in [4.69, 9.17) is 22.1 Å². The van der Waals surface area contributed by atoms with Crippen molar-refractivity contribution in [3.63, 3.8) is 0 Å². The second kappa shape index (κ2) is 11.6. The van der Waals surface area contributed by atoms with Crippen LogP contribution in [0.3, 0.4) is 0 Å². The molecule has 1 aliphatic rings. The summed E-state index contributed by atoms with van der Waals surface area (Å²) in [4.78, 5) is 32.8. The average molecular weight is 617 g/mol. The molecule has 1 aromatic heterocycles. The molecule has 3 aromatic carbocycles. The van der Waals surface area contributed by atoms with Crippen LogP contribution in [0.1, 0.15) is 54.7 Å². The Kier molecular flexibility index (Phi) is 8.08. The molecule has 13 heteroatoms. The van der Waals surface area contributed by atoms with E-state index in [1.54, 1.807) is 24.3 Å². The predicted molar refractivity (Wildman–Crippen MR) is 148 cm³/mol. The van der Waals surface area contributed by atoms with Gasteiger partial charge in [0.05, 0.1) is 41.9 Å². The number of methoxy groups -OCH3 is 1. The van der Waals surface area contributed by atoms with E-state index in [9.17, 15) is 31.5 Å². The Bertz CT molecular complexity index is 1730. The van der Waals surface area contributed by atoms with Crippen molar-refractivity contribution in [3.8, 4) is 5.75 Å². The number of benzene rings is 3. The Hall–Kier alpha value is -4.55. The van der Waals surface area contributed by atoms with Crippen LogP contribution in [0.4, 0.5) is 27.6 Å². The van der Waals surface area contributed by atoms with Crippen LogP contribution in [0.2, 0.25) is 5.02 Å². The van der Waals surface area contributed by atoms with Gasteiger partial charge in [-0.05, 0) is 54.1 Å². The van der Waals surface area contributed by atoms with Crippen molar-refractivity contribution in [2.75, 3.05) is 12.4 Å². The third kappa shape index (κ3) is 5.88. The number of aromatic nitrogens is 1. The van der Waals surface area contributed by atoms with E-state index in [0.717, 1.165) is 12.1 Å². The number of nitrogens with two attached hydrogens (primary N) is 1. The summed E-state index contributed by atoms with van der Waals surface area (Å²) in [7, 11) is 1.50. The Morgan fingerprint density at radius 3 is 2.44 bits per heavy atom. The summed E-state index contributed by atoms with van der Waals surface area (Å²) in [5.41, 5.74) is 5.04. The largest absolute Gasteiger partial charge is 0.497 e. The molecule has 2 amide bonds. The van der Waals surface area contributed by atoms with Gasteiger partial charge in [-0.2, -0.15) is 13.2 Å². The Balaban J connectivity index is 1.65. The average Bonchev–Trinajstić information content (AvgIpc) is 3.26. The number of anilines is 1. The Labute approximate surface area is 247 Å². The van der Waals surface area contributed by atoms with Crippen LogP contribution in [0.5, 0.6) is 5.75 Å². The van der Waals surface area contributed by atoms with Gasteiger partial charge in [-0.1, -0.05) is 23.7 Å². The van der Waals surface area contributed by atoms with Crippen LogP contribution in [-0.2, 0) is 19.3 Å². The second-order valence-electron chi connectivity index (χ2n) is 9.64. The zero-order valence-corrected chi connectivity index (χ0v) is 23.1. The fourth-order valence-corrected chi connectivity index (χ4v) is 5.20. The molecule has 0 bridgehead atoms. The van der Waals surface area contributed by atoms with Crippen LogP contribution in [0.25, 0.3) is 0 Å². The minimum atomic E-state index is -4.91. The monoisotopic (exact) mass is 616 g/mol. The first kappa shape index (κ1) is 29.9. The van der Waals surface area contributed by atoms with Crippen LogP contribution in [0.15, 0.2) is 66.9 Å². The van der Waals surface area contributed by atoms with E-state index >= 15 is 0 Å². The summed E-state index contributed by atoms with van der Waals surface area (Å²) < 4.78 is 73.7. The van der Waals surface area contributed by atoms with Gasteiger partial charge in [0.25, 0.3) is 11.8 Å². The molecule has 1 atom stereocenters. The summed E-state index contributed by atoms with van der Waals surface area (Å²) in [6.07, 6.45) is -3.72. The molecule has 0 saturated heterocycles. The number of nitrogens with zero attached hydrogens (tertiary/aromatic N) is 2. The highest BCUT2D eigenvalue weighted by molar-refractivity contribution is 6.31. The first-order valence-electron chi connectivity index (χ1n) is 12.7. The Morgan fingerprint density at radius 2 is 1.79 bits per heavy atom. The van der Waals surface area contributed by atoms with E-state index in [-0.39, 0.29) is 52.3 Å². The summed E-state index contributed by atoms with van der Waals surface area (Å²) in [5.74, 6) is -2.99. The number of ether oxygens (including phenoxy) is 1. The third-order valence-electron chi connectivity index (χ3n) is 6.95. The topological polar surface area (TPSA) is 97.6 Å². The molecular formula is C30H22ClF5N4O3. The van der Waals surface area contributed by atoms with Crippen molar-refractivity contribution in [1.82, 2.24) is 9.88 Å². The van der Waals surface area contributed by atoms with Gasteiger partial charge >= 0.3 is 6.18 Å². The zero-order chi connectivity index (χ0) is 31.1. The van der Waals surface area contributed by atoms with Gasteiger partial charge in [0, 0.05) is 34.8 Å².